The minimum absolute atomic E-state index is 0.0773. The van der Waals surface area contributed by atoms with Crippen LogP contribution in [0.3, 0.4) is 0 Å². The lowest BCUT2D eigenvalue weighted by Gasteiger charge is -1.99. The molecule has 20 heavy (non-hydrogen) atoms. The van der Waals surface area contributed by atoms with Crippen molar-refractivity contribution in [3.63, 3.8) is 0 Å². The van der Waals surface area contributed by atoms with E-state index in [2.05, 4.69) is 5.10 Å². The molecule has 0 N–H and O–H groups in total. The Bertz CT molecular complexity index is 701. The first-order chi connectivity index (χ1) is 9.65. The summed E-state index contributed by atoms with van der Waals surface area (Å²) in [7, 11) is 1.87. The number of carbonyl (C=O) groups is 1. The van der Waals surface area contributed by atoms with E-state index in [9.17, 15) is 4.79 Å². The fourth-order valence-electron chi connectivity index (χ4n) is 1.99. The lowest BCUT2D eigenvalue weighted by atomic mass is 10.1. The van der Waals surface area contributed by atoms with Crippen molar-refractivity contribution in [3.05, 3.63) is 47.3 Å². The first kappa shape index (κ1) is 12.5. The largest absolute Gasteiger partial charge is 0.454 e. The van der Waals surface area contributed by atoms with Gasteiger partial charge in [-0.25, -0.2) is 0 Å². The number of benzene rings is 1. The molecule has 0 amide bonds. The van der Waals surface area contributed by atoms with Gasteiger partial charge in [-0.3, -0.25) is 9.48 Å². The molecule has 0 bridgehead atoms. The van der Waals surface area contributed by atoms with E-state index in [0.717, 1.165) is 11.3 Å². The summed E-state index contributed by atoms with van der Waals surface area (Å²) in [6.45, 7) is 2.16. The van der Waals surface area contributed by atoms with Crippen LogP contribution in [0.15, 0.2) is 30.5 Å². The fourth-order valence-corrected chi connectivity index (χ4v) is 1.99. The van der Waals surface area contributed by atoms with Gasteiger partial charge in [0.2, 0.25) is 6.79 Å². The second kappa shape index (κ2) is 4.85. The van der Waals surface area contributed by atoms with Crippen LogP contribution in [-0.2, 0) is 7.05 Å². The van der Waals surface area contributed by atoms with Crippen LogP contribution < -0.4 is 9.47 Å². The Morgan fingerprint density at radius 2 is 2.15 bits per heavy atom. The molecule has 0 radical (unpaired) electrons. The molecule has 1 aromatic heterocycles. The van der Waals surface area contributed by atoms with E-state index in [0.29, 0.717) is 17.1 Å². The van der Waals surface area contributed by atoms with E-state index < -0.39 is 0 Å². The van der Waals surface area contributed by atoms with Gasteiger partial charge in [0.25, 0.3) is 0 Å². The molecule has 3 rings (SSSR count). The molecule has 102 valence electrons. The third-order valence-electron chi connectivity index (χ3n) is 3.34. The highest BCUT2D eigenvalue weighted by atomic mass is 16.7. The van der Waals surface area contributed by atoms with E-state index >= 15 is 0 Å². The van der Waals surface area contributed by atoms with Gasteiger partial charge in [-0.2, -0.15) is 5.10 Å². The number of hydrogen-bond acceptors (Lipinski definition) is 4. The summed E-state index contributed by atoms with van der Waals surface area (Å²) in [6.07, 6.45) is 5.05. The maximum Gasteiger partial charge on any atom is 0.231 e. The summed E-state index contributed by atoms with van der Waals surface area (Å²) in [5, 5.41) is 4.13. The Morgan fingerprint density at radius 1 is 1.35 bits per heavy atom. The summed E-state index contributed by atoms with van der Waals surface area (Å²) < 4.78 is 12.2. The van der Waals surface area contributed by atoms with Crippen molar-refractivity contribution in [2.45, 2.75) is 6.92 Å². The standard InChI is InChI=1S/C15H14N2O3/c1-10-12(8-16-17(10)2)3-5-13(18)11-4-6-14-15(7-11)20-9-19-14/h3-8H,9H2,1-2H3/b5-3+. The second-order valence-corrected chi connectivity index (χ2v) is 4.57. The summed E-state index contributed by atoms with van der Waals surface area (Å²) in [5.74, 6) is 1.21. The van der Waals surface area contributed by atoms with Crippen LogP contribution in [0, 0.1) is 6.92 Å². The molecule has 0 fully saturated rings. The highest BCUT2D eigenvalue weighted by Gasteiger charge is 2.15. The van der Waals surface area contributed by atoms with Gasteiger partial charge in [-0.05, 0) is 37.3 Å². The van der Waals surface area contributed by atoms with Crippen molar-refractivity contribution < 1.29 is 14.3 Å². The molecule has 2 heterocycles. The minimum Gasteiger partial charge on any atom is -0.454 e. The van der Waals surface area contributed by atoms with Gasteiger partial charge in [0.1, 0.15) is 0 Å². The Kier molecular flexibility index (Phi) is 3.02. The van der Waals surface area contributed by atoms with Gasteiger partial charge in [0.15, 0.2) is 17.3 Å². The molecule has 1 aromatic carbocycles. The van der Waals surface area contributed by atoms with Crippen molar-refractivity contribution in [1.29, 1.82) is 0 Å². The Hall–Kier alpha value is -2.56. The van der Waals surface area contributed by atoms with E-state index in [1.165, 1.54) is 0 Å². The first-order valence-corrected chi connectivity index (χ1v) is 6.26. The van der Waals surface area contributed by atoms with Crippen LogP contribution in [0.2, 0.25) is 0 Å². The quantitative estimate of drug-likeness (QED) is 0.634. The smallest absolute Gasteiger partial charge is 0.231 e. The van der Waals surface area contributed by atoms with Gasteiger partial charge in [-0.1, -0.05) is 0 Å². The van der Waals surface area contributed by atoms with Gasteiger partial charge in [0.05, 0.1) is 6.20 Å². The Morgan fingerprint density at radius 3 is 2.90 bits per heavy atom. The predicted octanol–water partition coefficient (Wildman–Crippen LogP) is 2.35. The van der Waals surface area contributed by atoms with Crippen LogP contribution >= 0.6 is 0 Å². The molecule has 1 aliphatic heterocycles. The number of fused-ring (bicyclic) bond motifs is 1. The Balaban J connectivity index is 1.81. The van der Waals surface area contributed by atoms with Crippen LogP contribution in [0.5, 0.6) is 11.5 Å². The van der Waals surface area contributed by atoms with E-state index in [4.69, 9.17) is 9.47 Å². The average Bonchev–Trinajstić information content (AvgIpc) is 3.04. The molecule has 5 heteroatoms. The zero-order valence-corrected chi connectivity index (χ0v) is 11.3. The SMILES string of the molecule is Cc1c(/C=C/C(=O)c2ccc3c(c2)OCO3)cnn1C. The van der Waals surface area contributed by atoms with Gasteiger partial charge in [0, 0.05) is 23.9 Å². The van der Waals surface area contributed by atoms with Crippen molar-refractivity contribution in [1.82, 2.24) is 9.78 Å². The number of ether oxygens (including phenoxy) is 2. The molecule has 2 aromatic rings. The molecule has 0 saturated carbocycles. The average molecular weight is 270 g/mol. The summed E-state index contributed by atoms with van der Waals surface area (Å²) in [5.41, 5.74) is 2.52. The minimum atomic E-state index is -0.0773. The van der Waals surface area contributed by atoms with E-state index in [1.807, 2.05) is 14.0 Å². The number of carbonyl (C=O) groups excluding carboxylic acids is 1. The molecule has 0 aliphatic carbocycles. The van der Waals surface area contributed by atoms with Crippen molar-refractivity contribution >= 4 is 11.9 Å². The Labute approximate surface area is 116 Å². The molecule has 1 aliphatic rings. The number of rotatable bonds is 3. The van der Waals surface area contributed by atoms with E-state index in [1.54, 1.807) is 41.2 Å². The zero-order valence-electron chi connectivity index (χ0n) is 11.3. The lowest BCUT2D eigenvalue weighted by molar-refractivity contribution is 0.104. The normalized spacial score (nSPS) is 13.1. The molecule has 5 nitrogen and oxygen atoms in total. The van der Waals surface area contributed by atoms with Crippen molar-refractivity contribution in [2.24, 2.45) is 7.05 Å². The summed E-state index contributed by atoms with van der Waals surface area (Å²) in [6, 6.07) is 5.18. The maximum atomic E-state index is 12.1. The maximum absolute atomic E-state index is 12.1. The number of ketones is 1. The third kappa shape index (κ3) is 2.18. The van der Waals surface area contributed by atoms with Crippen molar-refractivity contribution in [2.75, 3.05) is 6.79 Å². The highest BCUT2D eigenvalue weighted by molar-refractivity contribution is 6.07. The van der Waals surface area contributed by atoms with E-state index in [-0.39, 0.29) is 12.6 Å². The molecular formula is C15H14N2O3. The molecule has 0 atom stereocenters. The highest BCUT2D eigenvalue weighted by Crippen LogP contribution is 2.32. The van der Waals surface area contributed by atoms with Crippen LogP contribution in [0.1, 0.15) is 21.6 Å². The lowest BCUT2D eigenvalue weighted by Crippen LogP contribution is -1.95. The fraction of sp³-hybridized carbons (Fsp3) is 0.200. The van der Waals surface area contributed by atoms with Crippen LogP contribution in [0.4, 0.5) is 0 Å². The number of allylic oxidation sites excluding steroid dienone is 1. The zero-order chi connectivity index (χ0) is 14.1. The van der Waals surface area contributed by atoms with Gasteiger partial charge in [-0.15, -0.1) is 0 Å². The van der Waals surface area contributed by atoms with Gasteiger partial charge >= 0.3 is 0 Å². The third-order valence-corrected chi connectivity index (χ3v) is 3.34. The number of hydrogen-bond donors (Lipinski definition) is 0. The predicted molar refractivity (Wildman–Crippen MR) is 73.9 cm³/mol. The molecule has 0 unspecified atom stereocenters. The first-order valence-electron chi connectivity index (χ1n) is 6.26. The molecule has 0 saturated heterocycles. The molecular weight excluding hydrogens is 256 g/mol. The topological polar surface area (TPSA) is 53.4 Å². The summed E-state index contributed by atoms with van der Waals surface area (Å²) in [4.78, 5) is 12.1. The second-order valence-electron chi connectivity index (χ2n) is 4.57. The van der Waals surface area contributed by atoms with Crippen LogP contribution in [-0.4, -0.2) is 22.4 Å². The monoisotopic (exact) mass is 270 g/mol. The number of aryl methyl sites for hydroxylation is 1. The number of nitrogens with zero attached hydrogens (tertiary/aromatic N) is 2. The van der Waals surface area contributed by atoms with Crippen LogP contribution in [0.25, 0.3) is 6.08 Å². The molecule has 0 spiro atoms. The number of aromatic nitrogens is 2. The van der Waals surface area contributed by atoms with Gasteiger partial charge < -0.3 is 9.47 Å². The van der Waals surface area contributed by atoms with Crippen molar-refractivity contribution in [3.8, 4) is 11.5 Å². The summed E-state index contributed by atoms with van der Waals surface area (Å²) >= 11 is 0.